The van der Waals surface area contributed by atoms with Crippen molar-refractivity contribution in [3.8, 4) is 11.4 Å². The normalized spacial score (nSPS) is 15.9. The Bertz CT molecular complexity index is 1000. The van der Waals surface area contributed by atoms with Gasteiger partial charge in [-0.3, -0.25) is 4.79 Å². The van der Waals surface area contributed by atoms with Crippen molar-refractivity contribution in [1.29, 1.82) is 0 Å². The van der Waals surface area contributed by atoms with Crippen LogP contribution < -0.4 is 4.74 Å². The monoisotopic (exact) mass is 387 g/mol. The highest BCUT2D eigenvalue weighted by Gasteiger charge is 2.36. The first-order valence-electron chi connectivity index (χ1n) is 10.3. The smallest absolute Gasteiger partial charge is 0.273 e. The lowest BCUT2D eigenvalue weighted by molar-refractivity contribution is 0.0720. The zero-order valence-corrected chi connectivity index (χ0v) is 16.6. The van der Waals surface area contributed by atoms with Crippen molar-refractivity contribution in [3.63, 3.8) is 0 Å². The van der Waals surface area contributed by atoms with Crippen LogP contribution in [0.1, 0.15) is 53.3 Å². The van der Waals surface area contributed by atoms with Crippen molar-refractivity contribution in [2.45, 2.75) is 44.2 Å². The van der Waals surface area contributed by atoms with Crippen molar-refractivity contribution < 1.29 is 9.53 Å². The first-order valence-corrected chi connectivity index (χ1v) is 10.3. The van der Waals surface area contributed by atoms with Gasteiger partial charge in [0.25, 0.3) is 5.91 Å². The van der Waals surface area contributed by atoms with E-state index in [4.69, 9.17) is 9.84 Å². The molecule has 0 unspecified atom stereocenters. The van der Waals surface area contributed by atoms with Crippen LogP contribution in [0.25, 0.3) is 5.69 Å². The van der Waals surface area contributed by atoms with E-state index in [-0.39, 0.29) is 5.91 Å². The summed E-state index contributed by atoms with van der Waals surface area (Å²) in [6.45, 7) is 0.603. The fourth-order valence-corrected chi connectivity index (χ4v) is 3.72. The Hall–Kier alpha value is -3.08. The van der Waals surface area contributed by atoms with Gasteiger partial charge in [0.2, 0.25) is 0 Å². The molecule has 2 aromatic carbocycles. The van der Waals surface area contributed by atoms with Gasteiger partial charge in [-0.25, -0.2) is 4.68 Å². The van der Waals surface area contributed by atoms with E-state index in [9.17, 15) is 4.79 Å². The number of amides is 1. The van der Waals surface area contributed by atoms with Gasteiger partial charge in [-0.15, -0.1) is 0 Å². The van der Waals surface area contributed by atoms with Gasteiger partial charge < -0.3 is 9.64 Å². The average molecular weight is 387 g/mol. The summed E-state index contributed by atoms with van der Waals surface area (Å²) in [5, 5.41) is 4.81. The Morgan fingerprint density at radius 1 is 1.07 bits per heavy atom. The molecule has 0 saturated heterocycles. The summed E-state index contributed by atoms with van der Waals surface area (Å²) in [5.74, 6) is 1.39. The molecular formula is C24H25N3O2. The second-order valence-electron chi connectivity index (χ2n) is 7.99. The molecule has 5 rings (SSSR count). The Morgan fingerprint density at radius 3 is 2.41 bits per heavy atom. The second kappa shape index (κ2) is 7.39. The zero-order chi connectivity index (χ0) is 19.8. The Kier molecular flexibility index (Phi) is 4.58. The fourth-order valence-electron chi connectivity index (χ4n) is 3.72. The minimum absolute atomic E-state index is 0.0616. The van der Waals surface area contributed by atoms with Gasteiger partial charge in [0.1, 0.15) is 11.4 Å². The lowest BCUT2D eigenvalue weighted by Crippen LogP contribution is -2.34. The van der Waals surface area contributed by atoms with Gasteiger partial charge in [0.05, 0.1) is 18.5 Å². The predicted molar refractivity (Wildman–Crippen MR) is 111 cm³/mol. The minimum atomic E-state index is 0.0616. The molecule has 2 saturated carbocycles. The third-order valence-corrected chi connectivity index (χ3v) is 5.70. The van der Waals surface area contributed by atoms with E-state index in [1.54, 1.807) is 7.11 Å². The minimum Gasteiger partial charge on any atom is -0.497 e. The summed E-state index contributed by atoms with van der Waals surface area (Å²) in [6, 6.07) is 20.2. The molecule has 5 nitrogen and oxygen atoms in total. The van der Waals surface area contributed by atoms with Crippen LogP contribution in [-0.2, 0) is 6.54 Å². The molecule has 0 radical (unpaired) electrons. The van der Waals surface area contributed by atoms with Crippen molar-refractivity contribution in [2.75, 3.05) is 7.11 Å². The highest BCUT2D eigenvalue weighted by atomic mass is 16.5. The van der Waals surface area contributed by atoms with E-state index in [2.05, 4.69) is 0 Å². The van der Waals surface area contributed by atoms with Crippen LogP contribution in [0.4, 0.5) is 0 Å². The molecule has 2 fully saturated rings. The molecule has 3 aromatic rings. The third kappa shape index (κ3) is 3.77. The van der Waals surface area contributed by atoms with Crippen molar-refractivity contribution in [2.24, 2.45) is 0 Å². The van der Waals surface area contributed by atoms with Gasteiger partial charge in [-0.05, 0) is 61.6 Å². The summed E-state index contributed by atoms with van der Waals surface area (Å²) in [5.41, 5.74) is 3.75. The number of aromatic nitrogens is 2. The molecule has 148 valence electrons. The van der Waals surface area contributed by atoms with Crippen molar-refractivity contribution in [3.05, 3.63) is 77.6 Å². The van der Waals surface area contributed by atoms with E-state index in [1.165, 1.54) is 0 Å². The topological polar surface area (TPSA) is 47.4 Å². The molecule has 1 aromatic heterocycles. The molecule has 29 heavy (non-hydrogen) atoms. The first-order chi connectivity index (χ1) is 14.2. The maximum Gasteiger partial charge on any atom is 0.273 e. The van der Waals surface area contributed by atoms with E-state index in [0.29, 0.717) is 24.2 Å². The highest BCUT2D eigenvalue weighted by Crippen LogP contribution is 2.40. The summed E-state index contributed by atoms with van der Waals surface area (Å²) >= 11 is 0. The number of para-hydroxylation sites is 1. The van der Waals surface area contributed by atoms with Crippen LogP contribution in [0, 0.1) is 0 Å². The van der Waals surface area contributed by atoms with Gasteiger partial charge in [-0.1, -0.05) is 30.3 Å². The summed E-state index contributed by atoms with van der Waals surface area (Å²) in [7, 11) is 1.66. The summed E-state index contributed by atoms with van der Waals surface area (Å²) in [6.07, 6.45) is 4.46. The van der Waals surface area contributed by atoms with Crippen LogP contribution >= 0.6 is 0 Å². The first kappa shape index (κ1) is 18.0. The number of benzene rings is 2. The Balaban J connectivity index is 1.47. The van der Waals surface area contributed by atoms with Gasteiger partial charge in [0.15, 0.2) is 0 Å². The van der Waals surface area contributed by atoms with E-state index in [0.717, 1.165) is 48.4 Å². The molecule has 2 aliphatic carbocycles. The lowest BCUT2D eigenvalue weighted by atomic mass is 10.2. The van der Waals surface area contributed by atoms with Crippen LogP contribution in [0.15, 0.2) is 60.7 Å². The van der Waals surface area contributed by atoms with Crippen LogP contribution in [0.5, 0.6) is 5.75 Å². The molecule has 1 heterocycles. The predicted octanol–water partition coefficient (Wildman–Crippen LogP) is 4.56. The molecule has 0 bridgehead atoms. The summed E-state index contributed by atoms with van der Waals surface area (Å²) in [4.78, 5) is 15.7. The average Bonchev–Trinajstić information content (AvgIpc) is 3.70. The largest absolute Gasteiger partial charge is 0.497 e. The SMILES string of the molecule is COc1ccc(CN(C(=O)c2cc(C3CC3)nn2-c2ccccc2)C2CC2)cc1. The molecule has 0 N–H and O–H groups in total. The van der Waals surface area contributed by atoms with Crippen molar-refractivity contribution >= 4 is 5.91 Å². The van der Waals surface area contributed by atoms with Gasteiger partial charge in [0, 0.05) is 18.5 Å². The Morgan fingerprint density at radius 2 is 1.79 bits per heavy atom. The quantitative estimate of drug-likeness (QED) is 0.597. The van der Waals surface area contributed by atoms with Crippen LogP contribution in [0.2, 0.25) is 0 Å². The number of hydrogen-bond acceptors (Lipinski definition) is 3. The molecule has 0 spiro atoms. The third-order valence-electron chi connectivity index (χ3n) is 5.70. The van der Waals surface area contributed by atoms with Crippen LogP contribution in [0.3, 0.4) is 0 Å². The molecule has 1 amide bonds. The molecule has 2 aliphatic rings. The lowest BCUT2D eigenvalue weighted by Gasteiger charge is -2.23. The number of methoxy groups -OCH3 is 1. The number of hydrogen-bond donors (Lipinski definition) is 0. The van der Waals surface area contributed by atoms with E-state index < -0.39 is 0 Å². The second-order valence-corrected chi connectivity index (χ2v) is 7.99. The maximum atomic E-state index is 13.6. The zero-order valence-electron chi connectivity index (χ0n) is 16.6. The standard InChI is InChI=1S/C24H25N3O2/c1-29-21-13-7-17(8-14-21)16-26(19-11-12-19)24(28)23-15-22(18-9-10-18)25-27(23)20-5-3-2-4-6-20/h2-8,13-15,18-19H,9-12,16H2,1H3. The van der Waals surface area contributed by atoms with E-state index in [1.807, 2.05) is 70.2 Å². The van der Waals surface area contributed by atoms with E-state index >= 15 is 0 Å². The number of rotatable bonds is 7. The molecular weight excluding hydrogens is 362 g/mol. The number of nitrogens with zero attached hydrogens (tertiary/aromatic N) is 3. The maximum absolute atomic E-state index is 13.6. The number of carbonyl (C=O) groups is 1. The Labute approximate surface area is 170 Å². The number of ether oxygens (including phenoxy) is 1. The molecule has 0 aliphatic heterocycles. The van der Waals surface area contributed by atoms with Gasteiger partial charge >= 0.3 is 0 Å². The molecule has 5 heteroatoms. The molecule has 0 atom stereocenters. The summed E-state index contributed by atoms with van der Waals surface area (Å²) < 4.78 is 7.09. The van der Waals surface area contributed by atoms with Crippen molar-refractivity contribution in [1.82, 2.24) is 14.7 Å². The number of carbonyl (C=O) groups excluding carboxylic acids is 1. The van der Waals surface area contributed by atoms with Gasteiger partial charge in [-0.2, -0.15) is 5.10 Å². The highest BCUT2D eigenvalue weighted by molar-refractivity contribution is 5.93. The fraction of sp³-hybridized carbons (Fsp3) is 0.333. The van der Waals surface area contributed by atoms with Crippen LogP contribution in [-0.4, -0.2) is 33.7 Å².